The first-order valence-electron chi connectivity index (χ1n) is 13.5. The third kappa shape index (κ3) is 15.9. The molecule has 0 unspecified atom stereocenters. The van der Waals surface area contributed by atoms with Crippen LogP contribution in [0.1, 0.15) is 101 Å². The van der Waals surface area contributed by atoms with Gasteiger partial charge < -0.3 is 20.1 Å². The average Bonchev–Trinajstić information content (AvgIpc) is 2.85. The van der Waals surface area contributed by atoms with E-state index in [4.69, 9.17) is 9.47 Å². The summed E-state index contributed by atoms with van der Waals surface area (Å²) in [7, 11) is 1.64. The molecule has 0 aliphatic rings. The molecular weight excluding hydrogens is 460 g/mol. The predicted molar refractivity (Wildman–Crippen MR) is 148 cm³/mol. The number of rotatable bonds is 22. The third-order valence-electron chi connectivity index (χ3n) is 5.71. The molecule has 6 nitrogen and oxygen atoms in total. The maximum Gasteiger partial charge on any atom is 0.251 e. The zero-order chi connectivity index (χ0) is 25.6. The maximum atomic E-state index is 12.5. The smallest absolute Gasteiger partial charge is 0.251 e. The third-order valence-corrected chi connectivity index (χ3v) is 6.67. The van der Waals surface area contributed by atoms with Crippen LogP contribution in [0.2, 0.25) is 0 Å². The van der Waals surface area contributed by atoms with Crippen LogP contribution in [-0.2, 0) is 14.3 Å². The van der Waals surface area contributed by atoms with E-state index in [-0.39, 0.29) is 11.8 Å². The van der Waals surface area contributed by atoms with Gasteiger partial charge in [-0.1, -0.05) is 65.2 Å². The molecule has 1 aromatic rings. The van der Waals surface area contributed by atoms with Gasteiger partial charge in [-0.15, -0.1) is 11.8 Å². The van der Waals surface area contributed by atoms with Gasteiger partial charge in [-0.2, -0.15) is 0 Å². The van der Waals surface area contributed by atoms with Crippen molar-refractivity contribution in [3.8, 4) is 0 Å². The second kappa shape index (κ2) is 21.7. The number of anilines is 1. The fourth-order valence-electron chi connectivity index (χ4n) is 3.74. The summed E-state index contributed by atoms with van der Waals surface area (Å²) in [4.78, 5) is 25.9. The fraction of sp³-hybridized carbons (Fsp3) is 0.714. The Hall–Kier alpha value is -1.57. The number of hydrogen-bond acceptors (Lipinski definition) is 5. The minimum Gasteiger partial charge on any atom is -0.385 e. The predicted octanol–water partition coefficient (Wildman–Crippen LogP) is 6.83. The fourth-order valence-corrected chi connectivity index (χ4v) is 4.48. The second-order valence-corrected chi connectivity index (χ2v) is 10.1. The summed E-state index contributed by atoms with van der Waals surface area (Å²) in [5.41, 5.74) is 1.24. The van der Waals surface area contributed by atoms with Gasteiger partial charge in [0.05, 0.1) is 5.69 Å². The summed E-state index contributed by atoms with van der Waals surface area (Å²) in [6, 6.07) is 5.48. The van der Waals surface area contributed by atoms with Crippen LogP contribution in [0.4, 0.5) is 5.69 Å². The zero-order valence-electron chi connectivity index (χ0n) is 22.3. The van der Waals surface area contributed by atoms with E-state index in [9.17, 15) is 9.59 Å². The minimum absolute atomic E-state index is 0.0488. The van der Waals surface area contributed by atoms with Gasteiger partial charge in [-0.05, 0) is 43.2 Å². The number of carbonyl (C=O) groups excluding carboxylic acids is 2. The van der Waals surface area contributed by atoms with Gasteiger partial charge in [0.1, 0.15) is 0 Å². The van der Waals surface area contributed by atoms with Gasteiger partial charge in [0, 0.05) is 50.4 Å². The summed E-state index contributed by atoms with van der Waals surface area (Å²) in [5.74, 6) is 0.694. The van der Waals surface area contributed by atoms with Crippen molar-refractivity contribution in [3.63, 3.8) is 0 Å². The van der Waals surface area contributed by atoms with E-state index in [2.05, 4.69) is 24.5 Å². The topological polar surface area (TPSA) is 76.7 Å². The van der Waals surface area contributed by atoms with E-state index in [0.29, 0.717) is 43.9 Å². The Morgan fingerprint density at radius 3 is 2.23 bits per heavy atom. The Morgan fingerprint density at radius 1 is 0.857 bits per heavy atom. The number of benzene rings is 1. The molecule has 200 valence electrons. The van der Waals surface area contributed by atoms with Crippen molar-refractivity contribution in [3.05, 3.63) is 23.8 Å². The number of carbonyl (C=O) groups is 2. The number of nitrogens with one attached hydrogen (secondary N) is 2. The minimum atomic E-state index is -0.144. The summed E-state index contributed by atoms with van der Waals surface area (Å²) in [5, 5.41) is 5.89. The number of unbranched alkanes of at least 4 members (excludes halogenated alkanes) is 8. The van der Waals surface area contributed by atoms with Gasteiger partial charge in [0.2, 0.25) is 5.91 Å². The van der Waals surface area contributed by atoms with E-state index < -0.39 is 0 Å². The first-order valence-corrected chi connectivity index (χ1v) is 14.5. The summed E-state index contributed by atoms with van der Waals surface area (Å²) >= 11 is 1.65. The summed E-state index contributed by atoms with van der Waals surface area (Å²) in [6.07, 6.45) is 13.6. The molecule has 2 N–H and O–H groups in total. The molecule has 0 saturated heterocycles. The molecular formula is C28H48N2O4S. The number of hydrogen-bond donors (Lipinski definition) is 2. The Balaban J connectivity index is 2.28. The van der Waals surface area contributed by atoms with Crippen LogP contribution < -0.4 is 10.6 Å². The normalized spacial score (nSPS) is 10.9. The number of ether oxygens (including phenoxy) is 2. The van der Waals surface area contributed by atoms with Crippen molar-refractivity contribution in [1.82, 2.24) is 5.32 Å². The lowest BCUT2D eigenvalue weighted by Crippen LogP contribution is -2.25. The number of amides is 2. The first kappa shape index (κ1) is 31.5. The average molecular weight is 509 g/mol. The molecule has 0 fully saturated rings. The highest BCUT2D eigenvalue weighted by atomic mass is 32.2. The Morgan fingerprint density at radius 2 is 1.54 bits per heavy atom. The van der Waals surface area contributed by atoms with Gasteiger partial charge >= 0.3 is 0 Å². The van der Waals surface area contributed by atoms with Gasteiger partial charge in [0.25, 0.3) is 5.91 Å². The van der Waals surface area contributed by atoms with E-state index in [1.54, 1.807) is 31.0 Å². The summed E-state index contributed by atoms with van der Waals surface area (Å²) < 4.78 is 10.7. The molecule has 0 heterocycles. The lowest BCUT2D eigenvalue weighted by atomic mass is 10.1. The highest BCUT2D eigenvalue weighted by molar-refractivity contribution is 7.99. The van der Waals surface area contributed by atoms with E-state index in [0.717, 1.165) is 30.1 Å². The molecule has 1 rings (SSSR count). The summed E-state index contributed by atoms with van der Waals surface area (Å²) in [6.45, 7) is 6.86. The van der Waals surface area contributed by atoms with Crippen molar-refractivity contribution in [2.45, 2.75) is 95.8 Å². The van der Waals surface area contributed by atoms with Crippen molar-refractivity contribution in [1.29, 1.82) is 0 Å². The zero-order valence-corrected chi connectivity index (χ0v) is 23.1. The monoisotopic (exact) mass is 508 g/mol. The van der Waals surface area contributed by atoms with Crippen LogP contribution in [0.3, 0.4) is 0 Å². The molecule has 0 radical (unpaired) electrons. The lowest BCUT2D eigenvalue weighted by Gasteiger charge is -2.13. The molecule has 0 atom stereocenters. The second-order valence-electron chi connectivity index (χ2n) is 8.84. The van der Waals surface area contributed by atoms with Crippen LogP contribution in [0, 0.1) is 0 Å². The Kier molecular flexibility index (Phi) is 19.5. The van der Waals surface area contributed by atoms with E-state index >= 15 is 0 Å². The van der Waals surface area contributed by atoms with Crippen LogP contribution in [0.15, 0.2) is 23.1 Å². The van der Waals surface area contributed by atoms with Crippen LogP contribution in [0.25, 0.3) is 0 Å². The molecule has 0 spiro atoms. The van der Waals surface area contributed by atoms with E-state index in [1.807, 2.05) is 6.07 Å². The van der Waals surface area contributed by atoms with Crippen LogP contribution in [-0.4, -0.2) is 51.0 Å². The molecule has 2 amide bonds. The molecule has 0 aromatic heterocycles. The van der Waals surface area contributed by atoms with Gasteiger partial charge in [-0.25, -0.2) is 0 Å². The van der Waals surface area contributed by atoms with Crippen molar-refractivity contribution >= 4 is 29.3 Å². The number of methoxy groups -OCH3 is 1. The van der Waals surface area contributed by atoms with Crippen molar-refractivity contribution in [2.24, 2.45) is 0 Å². The molecule has 0 aliphatic heterocycles. The van der Waals surface area contributed by atoms with Crippen molar-refractivity contribution in [2.75, 3.05) is 44.5 Å². The highest BCUT2D eigenvalue weighted by Crippen LogP contribution is 2.28. The Bertz CT molecular complexity index is 700. The van der Waals surface area contributed by atoms with Gasteiger partial charge in [0.15, 0.2) is 0 Å². The SMILES string of the molecule is CCCCCCCCCCCOCCCC(=O)Nc1cc(C(=O)NCCCOC)ccc1SCC. The highest BCUT2D eigenvalue weighted by Gasteiger charge is 2.12. The quantitative estimate of drug-likeness (QED) is 0.133. The lowest BCUT2D eigenvalue weighted by molar-refractivity contribution is -0.116. The maximum absolute atomic E-state index is 12.5. The molecule has 0 saturated carbocycles. The molecule has 0 aliphatic carbocycles. The first-order chi connectivity index (χ1) is 17.1. The molecule has 0 bridgehead atoms. The van der Waals surface area contributed by atoms with E-state index in [1.165, 1.54) is 51.4 Å². The standard InChI is InChI=1S/C28H48N2O4S/c1-4-6-7-8-9-10-11-12-13-21-34-22-14-16-27(31)30-25-23-24(17-18-26(25)35-5-2)28(32)29-19-15-20-33-3/h17-18,23H,4-16,19-22H2,1-3H3,(H,29,32)(H,30,31). The molecule has 7 heteroatoms. The number of thioether (sulfide) groups is 1. The largest absolute Gasteiger partial charge is 0.385 e. The van der Waals surface area contributed by atoms with Gasteiger partial charge in [-0.3, -0.25) is 9.59 Å². The molecule has 35 heavy (non-hydrogen) atoms. The van der Waals surface area contributed by atoms with Crippen LogP contribution in [0.5, 0.6) is 0 Å². The van der Waals surface area contributed by atoms with Crippen LogP contribution >= 0.6 is 11.8 Å². The van der Waals surface area contributed by atoms with Crippen molar-refractivity contribution < 1.29 is 19.1 Å². The Labute approximate surface area is 217 Å². The molecule has 1 aromatic carbocycles.